The van der Waals surface area contributed by atoms with E-state index >= 15 is 0 Å². The molecule has 102 valence electrons. The van der Waals surface area contributed by atoms with Crippen LogP contribution in [0.15, 0.2) is 60.3 Å². The normalized spacial score (nSPS) is 20.0. The fourth-order valence-electron chi connectivity index (χ4n) is 3.73. The monoisotopic (exact) mass is 289 g/mol. The van der Waals surface area contributed by atoms with E-state index in [0.717, 1.165) is 6.42 Å². The van der Waals surface area contributed by atoms with Crippen LogP contribution in [0.4, 0.5) is 5.69 Å². The summed E-state index contributed by atoms with van der Waals surface area (Å²) >= 11 is 1.91. The zero-order valence-corrected chi connectivity index (χ0v) is 12.7. The molecule has 1 nitrogen and oxygen atoms in total. The zero-order valence-electron chi connectivity index (χ0n) is 11.8. The molecule has 5 rings (SSSR count). The second-order valence-corrected chi connectivity index (χ2v) is 6.96. The lowest BCUT2D eigenvalue weighted by molar-refractivity contribution is 0.813. The first-order chi connectivity index (χ1) is 10.3. The molecule has 3 aromatic rings. The first-order valence-corrected chi connectivity index (χ1v) is 8.20. The van der Waals surface area contributed by atoms with Gasteiger partial charge in [-0.1, -0.05) is 30.4 Å². The first kappa shape index (κ1) is 11.6. The van der Waals surface area contributed by atoms with Crippen molar-refractivity contribution < 1.29 is 0 Å². The van der Waals surface area contributed by atoms with Crippen LogP contribution >= 0.6 is 11.3 Å². The third-order valence-electron chi connectivity index (χ3n) is 4.78. The second kappa shape index (κ2) is 3.99. The molecule has 2 aliphatic rings. The summed E-state index contributed by atoms with van der Waals surface area (Å²) < 4.78 is 2.80. The summed E-state index contributed by atoms with van der Waals surface area (Å²) in [5.74, 6) is 0.546. The number of thiophene rings is 1. The Bertz CT molecular complexity index is 945. The molecule has 0 spiro atoms. The highest BCUT2D eigenvalue weighted by molar-refractivity contribution is 7.25. The van der Waals surface area contributed by atoms with Crippen molar-refractivity contribution in [1.29, 1.82) is 0 Å². The summed E-state index contributed by atoms with van der Waals surface area (Å²) in [4.78, 5) is 2.37. The van der Waals surface area contributed by atoms with Crippen LogP contribution in [0.2, 0.25) is 0 Å². The van der Waals surface area contributed by atoms with Crippen LogP contribution in [-0.4, -0.2) is 7.05 Å². The smallest absolute Gasteiger partial charge is 0.0452 e. The highest BCUT2D eigenvalue weighted by Crippen LogP contribution is 2.49. The van der Waals surface area contributed by atoms with Crippen molar-refractivity contribution in [1.82, 2.24) is 0 Å². The minimum atomic E-state index is 0.546. The fraction of sp³-hybridized carbons (Fsp3) is 0.158. The molecule has 2 heterocycles. The summed E-state index contributed by atoms with van der Waals surface area (Å²) in [6.07, 6.45) is 7.86. The molecule has 21 heavy (non-hydrogen) atoms. The molecule has 0 saturated carbocycles. The molecule has 1 unspecified atom stereocenters. The SMILES string of the molecule is CN1C2=CC=CCC2c2cc3sc4ccccc4c3cc21. The van der Waals surface area contributed by atoms with Crippen LogP contribution in [0, 0.1) is 0 Å². The number of hydrogen-bond acceptors (Lipinski definition) is 2. The van der Waals surface area contributed by atoms with E-state index in [-0.39, 0.29) is 0 Å². The van der Waals surface area contributed by atoms with E-state index in [1.54, 1.807) is 0 Å². The predicted molar refractivity (Wildman–Crippen MR) is 92.3 cm³/mol. The van der Waals surface area contributed by atoms with Gasteiger partial charge in [0.15, 0.2) is 0 Å². The van der Waals surface area contributed by atoms with Gasteiger partial charge < -0.3 is 4.90 Å². The molecule has 1 aliphatic heterocycles. The number of fused-ring (bicyclic) bond motifs is 6. The molecule has 0 fully saturated rings. The Balaban J connectivity index is 1.85. The minimum Gasteiger partial charge on any atom is -0.347 e. The molecule has 0 radical (unpaired) electrons. The highest BCUT2D eigenvalue weighted by Gasteiger charge is 2.32. The van der Waals surface area contributed by atoms with Crippen molar-refractivity contribution in [2.75, 3.05) is 11.9 Å². The molecule has 0 bridgehead atoms. The summed E-state index contributed by atoms with van der Waals surface area (Å²) in [7, 11) is 2.20. The number of allylic oxidation sites excluding steroid dienone is 4. The van der Waals surface area contributed by atoms with Crippen LogP contribution in [0.25, 0.3) is 20.2 Å². The van der Waals surface area contributed by atoms with Crippen molar-refractivity contribution in [3.63, 3.8) is 0 Å². The van der Waals surface area contributed by atoms with Gasteiger partial charge in [-0.05, 0) is 36.3 Å². The van der Waals surface area contributed by atoms with Gasteiger partial charge in [0.25, 0.3) is 0 Å². The maximum atomic E-state index is 2.43. The maximum absolute atomic E-state index is 2.43. The average Bonchev–Trinajstić information content (AvgIpc) is 3.02. The van der Waals surface area contributed by atoms with Gasteiger partial charge >= 0.3 is 0 Å². The van der Waals surface area contributed by atoms with Gasteiger partial charge in [0, 0.05) is 44.5 Å². The second-order valence-electron chi connectivity index (χ2n) is 5.87. The van der Waals surface area contributed by atoms with Gasteiger partial charge in [-0.3, -0.25) is 0 Å². The van der Waals surface area contributed by atoms with E-state index in [1.807, 2.05) is 11.3 Å². The van der Waals surface area contributed by atoms with E-state index < -0.39 is 0 Å². The van der Waals surface area contributed by atoms with Gasteiger partial charge in [-0.25, -0.2) is 0 Å². The Morgan fingerprint density at radius 1 is 1.10 bits per heavy atom. The lowest BCUT2D eigenvalue weighted by atomic mass is 9.92. The molecule has 2 aromatic carbocycles. The first-order valence-electron chi connectivity index (χ1n) is 7.38. The Morgan fingerprint density at radius 3 is 2.95 bits per heavy atom. The Hall–Kier alpha value is -2.06. The lowest BCUT2D eigenvalue weighted by Crippen LogP contribution is -2.14. The number of nitrogens with zero attached hydrogens (tertiary/aromatic N) is 1. The number of hydrogen-bond donors (Lipinski definition) is 0. The Morgan fingerprint density at radius 2 is 2.00 bits per heavy atom. The quantitative estimate of drug-likeness (QED) is 0.533. The highest BCUT2D eigenvalue weighted by atomic mass is 32.1. The maximum Gasteiger partial charge on any atom is 0.0452 e. The Labute approximate surface area is 127 Å². The minimum absolute atomic E-state index is 0.546. The van der Waals surface area contributed by atoms with E-state index in [0.29, 0.717) is 5.92 Å². The average molecular weight is 289 g/mol. The van der Waals surface area contributed by atoms with Gasteiger partial charge in [0.05, 0.1) is 0 Å². The molecule has 0 amide bonds. The molecule has 2 heteroatoms. The van der Waals surface area contributed by atoms with Gasteiger partial charge in [0.2, 0.25) is 0 Å². The van der Waals surface area contributed by atoms with Crippen molar-refractivity contribution in [3.8, 4) is 0 Å². The molecule has 0 N–H and O–H groups in total. The largest absolute Gasteiger partial charge is 0.347 e. The molecular formula is C19H15NS. The summed E-state index contributed by atoms with van der Waals surface area (Å²) in [5, 5.41) is 2.78. The molecule has 0 saturated heterocycles. The van der Waals surface area contributed by atoms with Crippen LogP contribution in [0.5, 0.6) is 0 Å². The van der Waals surface area contributed by atoms with E-state index in [2.05, 4.69) is 66.6 Å². The zero-order chi connectivity index (χ0) is 14.0. The van der Waals surface area contributed by atoms with Crippen LogP contribution < -0.4 is 4.90 Å². The molecule has 1 aliphatic carbocycles. The van der Waals surface area contributed by atoms with E-state index in [9.17, 15) is 0 Å². The van der Waals surface area contributed by atoms with Gasteiger partial charge in [0.1, 0.15) is 0 Å². The van der Waals surface area contributed by atoms with Gasteiger partial charge in [-0.2, -0.15) is 0 Å². The number of rotatable bonds is 0. The predicted octanol–water partition coefficient (Wildman–Crippen LogP) is 5.43. The van der Waals surface area contributed by atoms with Crippen LogP contribution in [0.1, 0.15) is 17.9 Å². The van der Waals surface area contributed by atoms with Crippen molar-refractivity contribution in [3.05, 3.63) is 65.9 Å². The third kappa shape index (κ3) is 1.46. The number of likely N-dealkylation sites (N-methyl/N-ethyl adjacent to an activating group) is 1. The third-order valence-corrected chi connectivity index (χ3v) is 5.92. The Kier molecular flexibility index (Phi) is 2.20. The van der Waals surface area contributed by atoms with Crippen LogP contribution in [0.3, 0.4) is 0 Å². The number of benzene rings is 2. The van der Waals surface area contributed by atoms with Crippen molar-refractivity contribution >= 4 is 37.2 Å². The number of anilines is 1. The summed E-state index contributed by atoms with van der Waals surface area (Å²) in [6.45, 7) is 0. The van der Waals surface area contributed by atoms with E-state index in [4.69, 9.17) is 0 Å². The van der Waals surface area contributed by atoms with Crippen molar-refractivity contribution in [2.24, 2.45) is 0 Å². The lowest BCUT2D eigenvalue weighted by Gasteiger charge is -2.19. The summed E-state index contributed by atoms with van der Waals surface area (Å²) in [5.41, 5.74) is 4.31. The van der Waals surface area contributed by atoms with Crippen molar-refractivity contribution in [2.45, 2.75) is 12.3 Å². The molecule has 1 aromatic heterocycles. The standard InChI is InChI=1S/C19H15NS/c1-20-16-8-4-2-6-12(16)14-11-19-15(10-17(14)20)13-7-3-5-9-18(13)21-19/h2-5,7-12H,6H2,1H3. The summed E-state index contributed by atoms with van der Waals surface area (Å²) in [6, 6.07) is 13.5. The van der Waals surface area contributed by atoms with Gasteiger partial charge in [-0.15, -0.1) is 11.3 Å². The fourth-order valence-corrected chi connectivity index (χ4v) is 4.87. The van der Waals surface area contributed by atoms with E-state index in [1.165, 1.54) is 37.1 Å². The molecular weight excluding hydrogens is 274 g/mol. The topological polar surface area (TPSA) is 3.24 Å². The molecule has 1 atom stereocenters. The van der Waals surface area contributed by atoms with Crippen LogP contribution in [-0.2, 0) is 0 Å².